The fraction of sp³-hybridized carbons (Fsp3) is 0.174. The van der Waals surface area contributed by atoms with Crippen molar-refractivity contribution >= 4 is 43.4 Å². The Bertz CT molecular complexity index is 1320. The lowest BCUT2D eigenvalue weighted by molar-refractivity contribution is 0.476. The van der Waals surface area contributed by atoms with Crippen molar-refractivity contribution < 1.29 is 5.11 Å². The van der Waals surface area contributed by atoms with Crippen LogP contribution in [-0.4, -0.2) is 14.7 Å². The van der Waals surface area contributed by atoms with Crippen LogP contribution in [0.25, 0.3) is 37.8 Å². The number of nitrogens with zero attached hydrogens (tertiary/aromatic N) is 2. The number of hydrogen-bond donors (Lipinski definition) is 1. The highest BCUT2D eigenvalue weighted by molar-refractivity contribution is 7.16. The molecule has 27 heavy (non-hydrogen) atoms. The van der Waals surface area contributed by atoms with Crippen LogP contribution < -0.4 is 0 Å². The minimum absolute atomic E-state index is 0.0118. The molecule has 0 unspecified atom stereocenters. The molecule has 0 saturated carbocycles. The van der Waals surface area contributed by atoms with E-state index in [9.17, 15) is 5.11 Å². The second kappa shape index (κ2) is 5.57. The zero-order chi connectivity index (χ0) is 18.8. The predicted octanol–water partition coefficient (Wildman–Crippen LogP) is 6.40. The van der Waals surface area contributed by atoms with E-state index < -0.39 is 0 Å². The van der Waals surface area contributed by atoms with Crippen LogP contribution in [0.15, 0.2) is 60.0 Å². The Morgan fingerprint density at radius 2 is 1.67 bits per heavy atom. The molecule has 0 spiro atoms. The third-order valence-electron chi connectivity index (χ3n) is 5.12. The number of para-hydroxylation sites is 1. The molecule has 2 aromatic carbocycles. The molecule has 1 N–H and O–H groups in total. The van der Waals surface area contributed by atoms with Crippen LogP contribution in [0.5, 0.6) is 5.75 Å². The summed E-state index contributed by atoms with van der Waals surface area (Å²) in [4.78, 5) is 6.03. The highest BCUT2D eigenvalue weighted by Gasteiger charge is 2.21. The molecule has 0 atom stereocenters. The van der Waals surface area contributed by atoms with Gasteiger partial charge in [0.2, 0.25) is 0 Å². The van der Waals surface area contributed by atoms with E-state index in [0.717, 1.165) is 32.5 Å². The van der Waals surface area contributed by atoms with Crippen LogP contribution in [0, 0.1) is 0 Å². The summed E-state index contributed by atoms with van der Waals surface area (Å²) >= 11 is 1.67. The van der Waals surface area contributed by atoms with Crippen molar-refractivity contribution in [3.8, 4) is 11.6 Å². The van der Waals surface area contributed by atoms with Gasteiger partial charge in [0, 0.05) is 22.2 Å². The first-order chi connectivity index (χ1) is 12.9. The number of rotatable bonds is 1. The van der Waals surface area contributed by atoms with Gasteiger partial charge in [-0.05, 0) is 46.7 Å². The molecule has 0 saturated heterocycles. The maximum absolute atomic E-state index is 10.1. The first-order valence-corrected chi connectivity index (χ1v) is 9.93. The van der Waals surface area contributed by atoms with Crippen LogP contribution >= 0.6 is 11.3 Å². The molecule has 4 heteroatoms. The first kappa shape index (κ1) is 16.3. The van der Waals surface area contributed by atoms with E-state index in [1.54, 1.807) is 17.4 Å². The molecule has 0 amide bonds. The van der Waals surface area contributed by atoms with Crippen molar-refractivity contribution in [3.05, 3.63) is 65.5 Å². The lowest BCUT2D eigenvalue weighted by Gasteiger charge is -2.21. The number of phenolic OH excluding ortho intramolecular Hbond substituents is 1. The molecule has 3 nitrogen and oxygen atoms in total. The maximum Gasteiger partial charge on any atom is 0.139 e. The Hall–Kier alpha value is -2.85. The molecule has 5 rings (SSSR count). The lowest BCUT2D eigenvalue weighted by Crippen LogP contribution is -2.13. The number of pyridine rings is 1. The number of benzene rings is 2. The minimum Gasteiger partial charge on any atom is -0.508 e. The van der Waals surface area contributed by atoms with Crippen LogP contribution in [0.4, 0.5) is 0 Å². The van der Waals surface area contributed by atoms with Crippen molar-refractivity contribution in [2.24, 2.45) is 0 Å². The second-order valence-corrected chi connectivity index (χ2v) is 8.87. The molecule has 0 radical (unpaired) electrons. The van der Waals surface area contributed by atoms with Gasteiger partial charge in [-0.15, -0.1) is 11.3 Å². The molecular weight excluding hydrogens is 352 g/mol. The van der Waals surface area contributed by atoms with E-state index in [4.69, 9.17) is 4.98 Å². The average molecular weight is 372 g/mol. The Morgan fingerprint density at radius 3 is 2.48 bits per heavy atom. The SMILES string of the molecule is CC(C)(C)c1cc(-n2c3ccccc3c3ccc(O)cc32)nc2sccc12. The molecule has 3 aromatic heterocycles. The van der Waals surface area contributed by atoms with Crippen molar-refractivity contribution in [2.75, 3.05) is 0 Å². The van der Waals surface area contributed by atoms with Crippen molar-refractivity contribution in [1.29, 1.82) is 0 Å². The quantitative estimate of drug-likeness (QED) is 0.370. The van der Waals surface area contributed by atoms with Gasteiger partial charge in [-0.2, -0.15) is 0 Å². The van der Waals surface area contributed by atoms with Crippen LogP contribution in [0.3, 0.4) is 0 Å². The summed E-state index contributed by atoms with van der Waals surface area (Å²) < 4.78 is 2.17. The van der Waals surface area contributed by atoms with E-state index in [2.05, 4.69) is 61.1 Å². The number of aromatic hydroxyl groups is 1. The van der Waals surface area contributed by atoms with E-state index in [1.807, 2.05) is 18.2 Å². The molecule has 0 aliphatic rings. The van der Waals surface area contributed by atoms with Gasteiger partial charge in [-0.3, -0.25) is 4.57 Å². The number of aromatic nitrogens is 2. The summed E-state index contributed by atoms with van der Waals surface area (Å²) in [5, 5.41) is 15.7. The summed E-state index contributed by atoms with van der Waals surface area (Å²) in [7, 11) is 0. The topological polar surface area (TPSA) is 38.0 Å². The van der Waals surface area contributed by atoms with Crippen molar-refractivity contribution in [1.82, 2.24) is 9.55 Å². The third-order valence-corrected chi connectivity index (χ3v) is 5.93. The van der Waals surface area contributed by atoms with Crippen molar-refractivity contribution in [3.63, 3.8) is 0 Å². The molecule has 134 valence electrons. The molecule has 0 fully saturated rings. The predicted molar refractivity (Wildman–Crippen MR) is 114 cm³/mol. The van der Waals surface area contributed by atoms with E-state index >= 15 is 0 Å². The van der Waals surface area contributed by atoms with E-state index in [0.29, 0.717) is 0 Å². The Kier molecular flexibility index (Phi) is 3.37. The molecule has 0 bridgehead atoms. The summed E-state index contributed by atoms with van der Waals surface area (Å²) in [6.45, 7) is 6.71. The maximum atomic E-state index is 10.1. The molecule has 5 aromatic rings. The summed E-state index contributed by atoms with van der Waals surface area (Å²) in [6.07, 6.45) is 0. The van der Waals surface area contributed by atoms with Gasteiger partial charge in [0.1, 0.15) is 16.4 Å². The van der Waals surface area contributed by atoms with Crippen molar-refractivity contribution in [2.45, 2.75) is 26.2 Å². The normalized spacial score (nSPS) is 12.4. The zero-order valence-corrected chi connectivity index (χ0v) is 16.3. The largest absolute Gasteiger partial charge is 0.508 e. The smallest absolute Gasteiger partial charge is 0.139 e. The van der Waals surface area contributed by atoms with Gasteiger partial charge in [-0.1, -0.05) is 39.0 Å². The van der Waals surface area contributed by atoms with Gasteiger partial charge in [0.25, 0.3) is 0 Å². The highest BCUT2D eigenvalue weighted by Crippen LogP contribution is 2.37. The summed E-state index contributed by atoms with van der Waals surface area (Å²) in [6, 6.07) is 18.3. The van der Waals surface area contributed by atoms with Gasteiger partial charge in [-0.25, -0.2) is 4.98 Å². The standard InChI is InChI=1S/C23H20N2OS/c1-23(2,3)18-13-21(24-22-17(18)10-11-27-22)25-19-7-5-4-6-15(19)16-9-8-14(26)12-20(16)25/h4-13,26H,1-3H3. The summed E-state index contributed by atoms with van der Waals surface area (Å²) in [5.74, 6) is 1.16. The Morgan fingerprint density at radius 1 is 0.889 bits per heavy atom. The van der Waals surface area contributed by atoms with E-state index in [1.165, 1.54) is 10.9 Å². The molecule has 3 heterocycles. The zero-order valence-electron chi connectivity index (χ0n) is 15.5. The second-order valence-electron chi connectivity index (χ2n) is 7.97. The van der Waals surface area contributed by atoms with Gasteiger partial charge in [0.15, 0.2) is 0 Å². The van der Waals surface area contributed by atoms with Gasteiger partial charge >= 0.3 is 0 Å². The number of fused-ring (bicyclic) bond motifs is 4. The minimum atomic E-state index is 0.0118. The fourth-order valence-electron chi connectivity index (χ4n) is 3.88. The number of phenols is 1. The van der Waals surface area contributed by atoms with Crippen LogP contribution in [-0.2, 0) is 5.41 Å². The average Bonchev–Trinajstić information content (AvgIpc) is 3.21. The summed E-state index contributed by atoms with van der Waals surface area (Å²) in [5.41, 5.74) is 3.37. The van der Waals surface area contributed by atoms with Crippen LogP contribution in [0.2, 0.25) is 0 Å². The van der Waals surface area contributed by atoms with Crippen LogP contribution in [0.1, 0.15) is 26.3 Å². The van der Waals surface area contributed by atoms with E-state index in [-0.39, 0.29) is 11.2 Å². The molecule has 0 aliphatic heterocycles. The first-order valence-electron chi connectivity index (χ1n) is 9.05. The lowest BCUT2D eigenvalue weighted by atomic mass is 9.86. The van der Waals surface area contributed by atoms with Gasteiger partial charge < -0.3 is 5.11 Å². The van der Waals surface area contributed by atoms with Gasteiger partial charge in [0.05, 0.1) is 11.0 Å². The Labute approximate surface area is 161 Å². The highest BCUT2D eigenvalue weighted by atomic mass is 32.1. The number of hydrogen-bond acceptors (Lipinski definition) is 3. The fourth-order valence-corrected chi connectivity index (χ4v) is 4.66. The molecule has 0 aliphatic carbocycles. The monoisotopic (exact) mass is 372 g/mol. The third kappa shape index (κ3) is 2.44. The number of thiophene rings is 1. The molecular formula is C23H20N2OS. The Balaban J connectivity index is 1.95.